The second kappa shape index (κ2) is 6.78. The molecule has 3 rings (SSSR count). The van der Waals surface area contributed by atoms with E-state index in [0.717, 1.165) is 0 Å². The van der Waals surface area contributed by atoms with E-state index in [1.807, 2.05) is 0 Å². The van der Waals surface area contributed by atoms with Gasteiger partial charge in [-0.15, -0.1) is 0 Å². The monoisotopic (exact) mass is 356 g/mol. The molecular weight excluding hydrogens is 336 g/mol. The summed E-state index contributed by atoms with van der Waals surface area (Å²) >= 11 is 0. The molecule has 2 aromatic carbocycles. The lowest BCUT2D eigenvalue weighted by atomic mass is 9.80. The number of aliphatic hydroxyl groups excluding tert-OH is 1. The summed E-state index contributed by atoms with van der Waals surface area (Å²) in [6.07, 6.45) is 0. The van der Waals surface area contributed by atoms with Gasteiger partial charge < -0.3 is 20.6 Å². The number of rotatable bonds is 5. The number of ketones is 2. The molecule has 7 heteroatoms. The number of carbonyl (C=O) groups is 2. The molecule has 0 atom stereocenters. The number of aliphatic hydroxyl groups is 1. The quantitative estimate of drug-likeness (QED) is 0.405. The van der Waals surface area contributed by atoms with Gasteiger partial charge in [0.2, 0.25) is 0 Å². The summed E-state index contributed by atoms with van der Waals surface area (Å²) in [4.78, 5) is 27.7. The van der Waals surface area contributed by atoms with Crippen LogP contribution in [0, 0.1) is 6.92 Å². The van der Waals surface area contributed by atoms with Crippen LogP contribution in [-0.4, -0.2) is 58.7 Å². The van der Waals surface area contributed by atoms with Gasteiger partial charge in [0.15, 0.2) is 11.6 Å². The zero-order valence-electron chi connectivity index (χ0n) is 14.5. The van der Waals surface area contributed by atoms with E-state index in [1.54, 1.807) is 31.0 Å². The number of phenols is 2. The van der Waals surface area contributed by atoms with Crippen molar-refractivity contribution in [1.82, 2.24) is 4.90 Å². The van der Waals surface area contributed by atoms with Crippen LogP contribution in [-0.2, 0) is 0 Å². The first kappa shape index (κ1) is 17.9. The summed E-state index contributed by atoms with van der Waals surface area (Å²) in [5.74, 6) is -1.67. The number of carbonyl (C=O) groups excluding carboxylic acids is 2. The van der Waals surface area contributed by atoms with Crippen LogP contribution in [0.5, 0.6) is 11.5 Å². The lowest BCUT2D eigenvalue weighted by Crippen LogP contribution is -2.28. The van der Waals surface area contributed by atoms with Crippen LogP contribution in [0.2, 0.25) is 0 Å². The van der Waals surface area contributed by atoms with Crippen molar-refractivity contribution in [2.75, 3.05) is 32.2 Å². The molecule has 0 heterocycles. The van der Waals surface area contributed by atoms with Crippen molar-refractivity contribution in [3.8, 4) is 11.5 Å². The van der Waals surface area contributed by atoms with Gasteiger partial charge in [-0.2, -0.15) is 0 Å². The largest absolute Gasteiger partial charge is 0.507 e. The number of anilines is 1. The number of likely N-dealkylation sites (N-methyl/N-ethyl adjacent to an activating group) is 1. The van der Waals surface area contributed by atoms with Gasteiger partial charge in [-0.25, -0.2) is 0 Å². The molecule has 0 radical (unpaired) electrons. The van der Waals surface area contributed by atoms with Gasteiger partial charge in [-0.3, -0.25) is 14.5 Å². The van der Waals surface area contributed by atoms with E-state index in [-0.39, 0.29) is 40.5 Å². The smallest absolute Gasteiger partial charge is 0.200 e. The highest BCUT2D eigenvalue weighted by atomic mass is 16.3. The third kappa shape index (κ3) is 2.81. The van der Waals surface area contributed by atoms with E-state index in [9.17, 15) is 19.8 Å². The molecule has 2 aromatic rings. The van der Waals surface area contributed by atoms with E-state index in [4.69, 9.17) is 5.11 Å². The van der Waals surface area contributed by atoms with Crippen LogP contribution in [0.25, 0.3) is 0 Å². The summed E-state index contributed by atoms with van der Waals surface area (Å²) in [5.41, 5.74) is 1.17. The first-order chi connectivity index (χ1) is 12.4. The number of benzene rings is 2. The Morgan fingerprint density at radius 3 is 2.08 bits per heavy atom. The van der Waals surface area contributed by atoms with Gasteiger partial charge in [-0.1, -0.05) is 6.07 Å². The molecule has 0 fully saturated rings. The van der Waals surface area contributed by atoms with E-state index in [0.29, 0.717) is 24.3 Å². The summed E-state index contributed by atoms with van der Waals surface area (Å²) in [7, 11) is 1.75. The Balaban J connectivity index is 2.09. The van der Waals surface area contributed by atoms with E-state index in [2.05, 4.69) is 5.32 Å². The lowest BCUT2D eigenvalue weighted by Gasteiger charge is -2.24. The average Bonchev–Trinajstić information content (AvgIpc) is 2.62. The molecule has 0 saturated heterocycles. The Kier molecular flexibility index (Phi) is 4.67. The molecule has 0 bridgehead atoms. The third-order valence-electron chi connectivity index (χ3n) is 4.53. The van der Waals surface area contributed by atoms with E-state index in [1.165, 1.54) is 12.1 Å². The Morgan fingerprint density at radius 1 is 0.923 bits per heavy atom. The van der Waals surface area contributed by atoms with Crippen molar-refractivity contribution < 1.29 is 24.9 Å². The Labute approximate surface area is 150 Å². The second-order valence-corrected chi connectivity index (χ2v) is 6.34. The predicted octanol–water partition coefficient (Wildman–Crippen LogP) is 1.48. The van der Waals surface area contributed by atoms with Gasteiger partial charge in [0.1, 0.15) is 11.5 Å². The number of fused-ring (bicyclic) bond motifs is 2. The fraction of sp³-hybridized carbons (Fsp3) is 0.263. The van der Waals surface area contributed by atoms with Crippen molar-refractivity contribution in [3.05, 3.63) is 52.1 Å². The maximum Gasteiger partial charge on any atom is 0.200 e. The van der Waals surface area contributed by atoms with Crippen LogP contribution in [0.3, 0.4) is 0 Å². The van der Waals surface area contributed by atoms with Crippen LogP contribution in [0.1, 0.15) is 37.4 Å². The summed E-state index contributed by atoms with van der Waals surface area (Å²) in [6.45, 7) is 2.61. The molecule has 1 aliphatic carbocycles. The highest BCUT2D eigenvalue weighted by Crippen LogP contribution is 2.40. The van der Waals surface area contributed by atoms with Gasteiger partial charge in [0.25, 0.3) is 0 Å². The van der Waals surface area contributed by atoms with Crippen LogP contribution in [0.15, 0.2) is 24.3 Å². The molecule has 26 heavy (non-hydrogen) atoms. The van der Waals surface area contributed by atoms with Crippen LogP contribution < -0.4 is 5.32 Å². The van der Waals surface area contributed by atoms with Crippen molar-refractivity contribution in [3.63, 3.8) is 0 Å². The molecule has 4 N–H and O–H groups in total. The molecule has 0 aromatic heterocycles. The third-order valence-corrected chi connectivity index (χ3v) is 4.53. The Bertz CT molecular complexity index is 907. The molecule has 1 aliphatic rings. The number of nitrogens with one attached hydrogen (secondary N) is 1. The first-order valence-corrected chi connectivity index (χ1v) is 8.18. The number of nitrogens with zero attached hydrogens (tertiary/aromatic N) is 1. The fourth-order valence-electron chi connectivity index (χ4n) is 3.13. The maximum atomic E-state index is 13.0. The van der Waals surface area contributed by atoms with Crippen LogP contribution in [0.4, 0.5) is 5.69 Å². The summed E-state index contributed by atoms with van der Waals surface area (Å²) in [5, 5.41) is 32.3. The first-order valence-electron chi connectivity index (χ1n) is 8.18. The maximum absolute atomic E-state index is 13.0. The van der Waals surface area contributed by atoms with Crippen LogP contribution >= 0.6 is 0 Å². The number of hydrogen-bond acceptors (Lipinski definition) is 7. The molecule has 0 aliphatic heterocycles. The van der Waals surface area contributed by atoms with Crippen molar-refractivity contribution >= 4 is 17.3 Å². The van der Waals surface area contributed by atoms with Gasteiger partial charge in [0.05, 0.1) is 23.4 Å². The fourth-order valence-corrected chi connectivity index (χ4v) is 3.13. The highest BCUT2D eigenvalue weighted by Gasteiger charge is 2.37. The molecule has 0 amide bonds. The van der Waals surface area contributed by atoms with Gasteiger partial charge in [-0.05, 0) is 37.7 Å². The molecule has 0 spiro atoms. The molecule has 136 valence electrons. The topological polar surface area (TPSA) is 110 Å². The molecule has 0 saturated carbocycles. The number of aromatic hydroxyl groups is 2. The minimum atomic E-state index is -0.510. The highest BCUT2D eigenvalue weighted by molar-refractivity contribution is 6.32. The van der Waals surface area contributed by atoms with E-state index < -0.39 is 11.6 Å². The van der Waals surface area contributed by atoms with Crippen molar-refractivity contribution in [1.29, 1.82) is 0 Å². The summed E-state index contributed by atoms with van der Waals surface area (Å²) < 4.78 is 0. The molecule has 0 unspecified atom stereocenters. The van der Waals surface area contributed by atoms with Crippen molar-refractivity contribution in [2.24, 2.45) is 0 Å². The summed E-state index contributed by atoms with van der Waals surface area (Å²) in [6, 6.07) is 5.84. The van der Waals surface area contributed by atoms with Gasteiger partial charge in [0, 0.05) is 24.3 Å². The Hall–Kier alpha value is -2.90. The number of aryl methyl sites for hydroxylation is 1. The zero-order valence-corrected chi connectivity index (χ0v) is 14.5. The van der Waals surface area contributed by atoms with Crippen molar-refractivity contribution in [2.45, 2.75) is 6.92 Å². The second-order valence-electron chi connectivity index (χ2n) is 6.34. The van der Waals surface area contributed by atoms with E-state index >= 15 is 0 Å². The normalized spacial score (nSPS) is 12.9. The molecular formula is C19H20N2O5. The molecule has 7 nitrogen and oxygen atoms in total. The minimum Gasteiger partial charge on any atom is -0.507 e. The Morgan fingerprint density at radius 2 is 1.50 bits per heavy atom. The predicted molar refractivity (Wildman–Crippen MR) is 96.0 cm³/mol. The SMILES string of the molecule is Cc1ccc(NCCN(C)CO)c2c1C(=O)c1c(O)ccc(O)c1C2=O. The zero-order chi connectivity index (χ0) is 19.0. The minimum absolute atomic E-state index is 0.0916. The number of phenolic OH excluding ortho intramolecular Hbond substituents is 2. The lowest BCUT2D eigenvalue weighted by molar-refractivity contribution is 0.0974. The van der Waals surface area contributed by atoms with Gasteiger partial charge >= 0.3 is 0 Å². The number of hydrogen-bond donors (Lipinski definition) is 4. The average molecular weight is 356 g/mol. The standard InChI is InChI=1S/C19H20N2O5/c1-10-3-4-11(20-7-8-21(2)9-22)15-14(10)18(25)16-12(23)5-6-13(24)17(16)19(15)26/h3-6,20,22-24H,7-9H2,1-2H3.